The summed E-state index contributed by atoms with van der Waals surface area (Å²) in [5.41, 5.74) is 0.781. The zero-order valence-electron chi connectivity index (χ0n) is 13.5. The summed E-state index contributed by atoms with van der Waals surface area (Å²) in [4.78, 5) is 10.9. The molecule has 0 amide bonds. The standard InChI is InChI=1S/C18H18N4O2S/c23-25(24,16-11-14-5-1-2-6-17(14)20-12-16)21-15-8-10-22(13-15)18-7-3-4-9-19-18/h1-7,9,11-12,15,21H,8,10,13H2/t15-/m0/s1. The third-order valence-electron chi connectivity index (χ3n) is 4.36. The summed E-state index contributed by atoms with van der Waals surface area (Å²) in [7, 11) is -3.60. The van der Waals surface area contributed by atoms with Crippen LogP contribution in [0.3, 0.4) is 0 Å². The van der Waals surface area contributed by atoms with E-state index in [-0.39, 0.29) is 10.9 Å². The average molecular weight is 354 g/mol. The van der Waals surface area contributed by atoms with Crippen LogP contribution >= 0.6 is 0 Å². The van der Waals surface area contributed by atoms with E-state index in [0.717, 1.165) is 29.7 Å². The van der Waals surface area contributed by atoms with Gasteiger partial charge in [0.05, 0.1) is 5.52 Å². The monoisotopic (exact) mass is 354 g/mol. The maximum atomic E-state index is 12.7. The molecule has 0 aliphatic carbocycles. The van der Waals surface area contributed by atoms with Crippen LogP contribution < -0.4 is 9.62 Å². The van der Waals surface area contributed by atoms with Crippen molar-refractivity contribution in [1.82, 2.24) is 14.7 Å². The van der Waals surface area contributed by atoms with Crippen molar-refractivity contribution >= 4 is 26.7 Å². The molecular weight excluding hydrogens is 336 g/mol. The summed E-state index contributed by atoms with van der Waals surface area (Å²) in [6.45, 7) is 1.39. The number of anilines is 1. The number of fused-ring (bicyclic) bond motifs is 1. The third kappa shape index (κ3) is 3.33. The van der Waals surface area contributed by atoms with Crippen molar-refractivity contribution in [3.63, 3.8) is 0 Å². The van der Waals surface area contributed by atoms with Crippen LogP contribution in [0.5, 0.6) is 0 Å². The molecule has 4 rings (SSSR count). The smallest absolute Gasteiger partial charge is 0.242 e. The van der Waals surface area contributed by atoms with Gasteiger partial charge in [0.15, 0.2) is 0 Å². The van der Waals surface area contributed by atoms with Crippen LogP contribution in [-0.2, 0) is 10.0 Å². The van der Waals surface area contributed by atoms with Crippen molar-refractivity contribution < 1.29 is 8.42 Å². The molecule has 0 saturated carbocycles. The molecular formula is C18H18N4O2S. The normalized spacial score (nSPS) is 17.9. The molecule has 0 unspecified atom stereocenters. The minimum atomic E-state index is -3.60. The Morgan fingerprint density at radius 2 is 1.92 bits per heavy atom. The predicted octanol–water partition coefficient (Wildman–Crippen LogP) is 2.19. The van der Waals surface area contributed by atoms with Crippen LogP contribution in [-0.4, -0.2) is 37.5 Å². The van der Waals surface area contributed by atoms with Crippen molar-refractivity contribution in [2.75, 3.05) is 18.0 Å². The number of nitrogens with zero attached hydrogens (tertiary/aromatic N) is 3. The molecule has 7 heteroatoms. The molecule has 1 N–H and O–H groups in total. The van der Waals surface area contributed by atoms with Gasteiger partial charge in [-0.05, 0) is 30.7 Å². The summed E-state index contributed by atoms with van der Waals surface area (Å²) in [6, 6.07) is 14.7. The number of hydrogen-bond acceptors (Lipinski definition) is 5. The SMILES string of the molecule is O=S(=O)(N[C@H]1CCN(c2ccccn2)C1)c1cnc2ccccc2c1. The molecule has 0 radical (unpaired) electrons. The molecule has 0 spiro atoms. The van der Waals surface area contributed by atoms with Crippen LogP contribution in [0.25, 0.3) is 10.9 Å². The summed E-state index contributed by atoms with van der Waals surface area (Å²) in [6.07, 6.45) is 3.90. The van der Waals surface area contributed by atoms with Gasteiger partial charge in [0.25, 0.3) is 0 Å². The Hall–Kier alpha value is -2.51. The lowest BCUT2D eigenvalue weighted by Gasteiger charge is -2.17. The number of nitrogens with one attached hydrogen (secondary N) is 1. The summed E-state index contributed by atoms with van der Waals surface area (Å²) < 4.78 is 28.2. The Bertz CT molecular complexity index is 992. The Morgan fingerprint density at radius 3 is 2.76 bits per heavy atom. The Labute approximate surface area is 146 Å². The van der Waals surface area contributed by atoms with Crippen molar-refractivity contribution in [1.29, 1.82) is 0 Å². The van der Waals surface area contributed by atoms with Gasteiger partial charge in [-0.2, -0.15) is 0 Å². The van der Waals surface area contributed by atoms with Crippen LogP contribution in [0.2, 0.25) is 0 Å². The van der Waals surface area contributed by atoms with E-state index in [9.17, 15) is 8.42 Å². The van der Waals surface area contributed by atoms with Crippen LogP contribution in [0.15, 0.2) is 65.8 Å². The first-order valence-electron chi connectivity index (χ1n) is 8.15. The van der Waals surface area contributed by atoms with E-state index in [1.54, 1.807) is 12.3 Å². The van der Waals surface area contributed by atoms with Gasteiger partial charge >= 0.3 is 0 Å². The Kier molecular flexibility index (Phi) is 4.10. The average Bonchev–Trinajstić information content (AvgIpc) is 3.10. The molecule has 1 aliphatic rings. The summed E-state index contributed by atoms with van der Waals surface area (Å²) >= 11 is 0. The second kappa shape index (κ2) is 6.42. The van der Waals surface area contributed by atoms with E-state index in [1.165, 1.54) is 6.20 Å². The molecule has 3 heterocycles. The van der Waals surface area contributed by atoms with Crippen LogP contribution in [0.1, 0.15) is 6.42 Å². The predicted molar refractivity (Wildman–Crippen MR) is 96.9 cm³/mol. The van der Waals surface area contributed by atoms with Crippen molar-refractivity contribution in [2.24, 2.45) is 0 Å². The highest BCUT2D eigenvalue weighted by atomic mass is 32.2. The van der Waals surface area contributed by atoms with Crippen molar-refractivity contribution in [3.8, 4) is 0 Å². The first-order chi connectivity index (χ1) is 12.1. The molecule has 128 valence electrons. The molecule has 1 aromatic carbocycles. The van der Waals surface area contributed by atoms with E-state index in [4.69, 9.17) is 0 Å². The summed E-state index contributed by atoms with van der Waals surface area (Å²) in [5.74, 6) is 0.872. The summed E-state index contributed by atoms with van der Waals surface area (Å²) in [5, 5.41) is 0.812. The zero-order chi connectivity index (χ0) is 17.3. The van der Waals surface area contributed by atoms with E-state index in [1.807, 2.05) is 42.5 Å². The maximum Gasteiger partial charge on any atom is 0.242 e. The van der Waals surface area contributed by atoms with Gasteiger partial charge in [-0.3, -0.25) is 4.98 Å². The fourth-order valence-corrected chi connectivity index (χ4v) is 4.33. The van der Waals surface area contributed by atoms with Gasteiger partial charge in [-0.1, -0.05) is 24.3 Å². The second-order valence-electron chi connectivity index (χ2n) is 6.10. The van der Waals surface area contributed by atoms with Gasteiger partial charge in [-0.15, -0.1) is 0 Å². The Morgan fingerprint density at radius 1 is 1.08 bits per heavy atom. The van der Waals surface area contributed by atoms with Crippen LogP contribution in [0, 0.1) is 0 Å². The fraction of sp³-hybridized carbons (Fsp3) is 0.222. The van der Waals surface area contributed by atoms with E-state index >= 15 is 0 Å². The molecule has 1 aliphatic heterocycles. The lowest BCUT2D eigenvalue weighted by molar-refractivity contribution is 0.561. The molecule has 1 atom stereocenters. The molecule has 1 saturated heterocycles. The lowest BCUT2D eigenvalue weighted by Crippen LogP contribution is -2.37. The van der Waals surface area contributed by atoms with Crippen LogP contribution in [0.4, 0.5) is 5.82 Å². The topological polar surface area (TPSA) is 75.2 Å². The zero-order valence-corrected chi connectivity index (χ0v) is 14.4. The van der Waals surface area contributed by atoms with Gasteiger partial charge in [0.1, 0.15) is 10.7 Å². The fourth-order valence-electron chi connectivity index (χ4n) is 3.09. The molecule has 6 nitrogen and oxygen atoms in total. The molecule has 1 fully saturated rings. The van der Waals surface area contributed by atoms with Crippen molar-refractivity contribution in [2.45, 2.75) is 17.4 Å². The van der Waals surface area contributed by atoms with Gasteiger partial charge in [0.2, 0.25) is 10.0 Å². The van der Waals surface area contributed by atoms with E-state index < -0.39 is 10.0 Å². The molecule has 2 aromatic heterocycles. The van der Waals surface area contributed by atoms with E-state index in [0.29, 0.717) is 6.54 Å². The minimum Gasteiger partial charge on any atom is -0.355 e. The molecule has 0 bridgehead atoms. The quantitative estimate of drug-likeness (QED) is 0.777. The molecule has 3 aromatic rings. The van der Waals surface area contributed by atoms with Gasteiger partial charge < -0.3 is 4.90 Å². The first-order valence-corrected chi connectivity index (χ1v) is 9.63. The Balaban J connectivity index is 1.51. The van der Waals surface area contributed by atoms with Gasteiger partial charge in [-0.25, -0.2) is 18.1 Å². The van der Waals surface area contributed by atoms with Crippen molar-refractivity contribution in [3.05, 3.63) is 60.9 Å². The third-order valence-corrected chi connectivity index (χ3v) is 5.85. The largest absolute Gasteiger partial charge is 0.355 e. The number of rotatable bonds is 4. The number of benzene rings is 1. The minimum absolute atomic E-state index is 0.140. The second-order valence-corrected chi connectivity index (χ2v) is 7.82. The highest BCUT2D eigenvalue weighted by molar-refractivity contribution is 7.89. The van der Waals surface area contributed by atoms with Gasteiger partial charge in [0, 0.05) is 36.9 Å². The van der Waals surface area contributed by atoms with E-state index in [2.05, 4.69) is 19.6 Å². The number of hydrogen-bond donors (Lipinski definition) is 1. The molecule has 25 heavy (non-hydrogen) atoms. The number of para-hydroxylation sites is 1. The lowest BCUT2D eigenvalue weighted by atomic mass is 10.2. The highest BCUT2D eigenvalue weighted by Crippen LogP contribution is 2.20. The number of pyridine rings is 2. The first kappa shape index (κ1) is 16.0. The highest BCUT2D eigenvalue weighted by Gasteiger charge is 2.28. The maximum absolute atomic E-state index is 12.7. The number of sulfonamides is 1. The number of aromatic nitrogens is 2.